The Hall–Kier alpha value is -2.50. The second kappa shape index (κ2) is 6.73. The first-order chi connectivity index (χ1) is 10.4. The van der Waals surface area contributed by atoms with Crippen molar-refractivity contribution in [3.05, 3.63) is 23.4 Å². The van der Waals surface area contributed by atoms with Crippen molar-refractivity contribution >= 4 is 6.09 Å². The summed E-state index contributed by atoms with van der Waals surface area (Å²) in [6.07, 6.45) is -5.82. The third-order valence-electron chi connectivity index (χ3n) is 2.89. The van der Waals surface area contributed by atoms with Crippen LogP contribution in [0.2, 0.25) is 0 Å². The highest BCUT2D eigenvalue weighted by molar-refractivity contribution is 5.64. The van der Waals surface area contributed by atoms with Crippen molar-refractivity contribution in [1.29, 1.82) is 5.26 Å². The van der Waals surface area contributed by atoms with Gasteiger partial charge in [-0.2, -0.15) is 18.4 Å². The van der Waals surface area contributed by atoms with Crippen LogP contribution in [0.15, 0.2) is 12.3 Å². The first-order valence-electron chi connectivity index (χ1n) is 6.51. The van der Waals surface area contributed by atoms with Crippen LogP contribution in [-0.4, -0.2) is 23.8 Å². The number of ether oxygens (including phenoxy) is 2. The van der Waals surface area contributed by atoms with E-state index in [1.807, 2.05) is 0 Å². The molecule has 2 N–H and O–H groups in total. The maximum Gasteiger partial charge on any atom is 0.417 e. The number of carbonyl (C=O) groups is 1. The minimum Gasteiger partial charge on any atom is -0.473 e. The lowest BCUT2D eigenvalue weighted by Crippen LogP contribution is -2.38. The zero-order valence-electron chi connectivity index (χ0n) is 12.8. The minimum atomic E-state index is -4.61. The van der Waals surface area contributed by atoms with Crippen molar-refractivity contribution in [2.75, 3.05) is 6.61 Å². The van der Waals surface area contributed by atoms with Crippen molar-refractivity contribution < 1.29 is 27.4 Å². The Balaban J connectivity index is 2.96. The maximum atomic E-state index is 12.6. The molecule has 1 atom stereocenters. The Kier molecular flexibility index (Phi) is 5.42. The second-order valence-electron chi connectivity index (χ2n) is 5.79. The molecule has 1 heterocycles. The molecule has 1 unspecified atom stereocenters. The number of nitriles is 1. The summed E-state index contributed by atoms with van der Waals surface area (Å²) in [5, 5.41) is 8.94. The molecule has 0 aliphatic carbocycles. The zero-order valence-corrected chi connectivity index (χ0v) is 12.8. The zero-order chi connectivity index (χ0) is 17.8. The number of alkyl halides is 3. The molecule has 1 aromatic rings. The first-order valence-corrected chi connectivity index (χ1v) is 6.51. The molecule has 1 rings (SSSR count). The number of aromatic nitrogens is 1. The quantitative estimate of drug-likeness (QED) is 0.914. The van der Waals surface area contributed by atoms with Crippen LogP contribution in [0.4, 0.5) is 18.0 Å². The van der Waals surface area contributed by atoms with Crippen LogP contribution < -0.4 is 10.5 Å². The summed E-state index contributed by atoms with van der Waals surface area (Å²) < 4.78 is 47.9. The largest absolute Gasteiger partial charge is 0.473 e. The first kappa shape index (κ1) is 18.5. The smallest absolute Gasteiger partial charge is 0.417 e. The highest BCUT2D eigenvalue weighted by Gasteiger charge is 2.33. The van der Waals surface area contributed by atoms with Gasteiger partial charge in [-0.25, -0.2) is 9.78 Å². The normalized spacial score (nSPS) is 13.1. The average Bonchev–Trinajstić information content (AvgIpc) is 2.40. The summed E-state index contributed by atoms with van der Waals surface area (Å²) in [4.78, 5) is 14.4. The molecule has 23 heavy (non-hydrogen) atoms. The van der Waals surface area contributed by atoms with Gasteiger partial charge in [-0.3, -0.25) is 0 Å². The van der Waals surface area contributed by atoms with Crippen molar-refractivity contribution in [3.8, 4) is 11.9 Å². The van der Waals surface area contributed by atoms with Gasteiger partial charge in [0.15, 0.2) is 0 Å². The van der Waals surface area contributed by atoms with E-state index < -0.39 is 29.4 Å². The predicted molar refractivity (Wildman–Crippen MR) is 73.4 cm³/mol. The van der Waals surface area contributed by atoms with Crippen LogP contribution in [0, 0.1) is 16.7 Å². The third kappa shape index (κ3) is 5.32. The summed E-state index contributed by atoms with van der Waals surface area (Å²) in [5.41, 5.74) is 3.02. The Morgan fingerprint density at radius 3 is 2.48 bits per heavy atom. The fraction of sp³-hybridized carbons (Fsp3) is 0.500. The fourth-order valence-corrected chi connectivity index (χ4v) is 1.56. The van der Waals surface area contributed by atoms with Gasteiger partial charge in [0.05, 0.1) is 5.56 Å². The molecule has 0 aromatic carbocycles. The maximum absolute atomic E-state index is 12.6. The molecule has 0 aliphatic heterocycles. The molecule has 1 amide bonds. The lowest BCUT2D eigenvalue weighted by atomic mass is 9.89. The van der Waals surface area contributed by atoms with Crippen LogP contribution in [0.3, 0.4) is 0 Å². The van der Waals surface area contributed by atoms with Gasteiger partial charge in [0, 0.05) is 11.6 Å². The number of pyridine rings is 1. The van der Waals surface area contributed by atoms with E-state index >= 15 is 0 Å². The molecule has 0 saturated carbocycles. The van der Waals surface area contributed by atoms with E-state index in [4.69, 9.17) is 20.5 Å². The van der Waals surface area contributed by atoms with Crippen molar-refractivity contribution in [3.63, 3.8) is 0 Å². The number of primary amides is 1. The van der Waals surface area contributed by atoms with Crippen LogP contribution in [0.1, 0.15) is 31.9 Å². The Morgan fingerprint density at radius 1 is 1.43 bits per heavy atom. The summed E-state index contributed by atoms with van der Waals surface area (Å²) >= 11 is 0. The van der Waals surface area contributed by atoms with Gasteiger partial charge in [0.25, 0.3) is 0 Å². The van der Waals surface area contributed by atoms with E-state index in [0.717, 1.165) is 0 Å². The molecule has 0 aliphatic rings. The van der Waals surface area contributed by atoms with Crippen molar-refractivity contribution in [2.24, 2.45) is 11.1 Å². The molecule has 9 heteroatoms. The monoisotopic (exact) mass is 331 g/mol. The number of halogens is 3. The molecule has 0 spiro atoms. The van der Waals surface area contributed by atoms with Crippen LogP contribution in [-0.2, 0) is 10.9 Å². The lowest BCUT2D eigenvalue weighted by Gasteiger charge is -2.29. The average molecular weight is 331 g/mol. The van der Waals surface area contributed by atoms with Gasteiger partial charge in [-0.1, -0.05) is 20.8 Å². The third-order valence-corrected chi connectivity index (χ3v) is 2.89. The lowest BCUT2D eigenvalue weighted by molar-refractivity contribution is -0.137. The molecule has 0 fully saturated rings. The molecule has 6 nitrogen and oxygen atoms in total. The van der Waals surface area contributed by atoms with Gasteiger partial charge in [-0.05, 0) is 6.07 Å². The van der Waals surface area contributed by atoms with Crippen LogP contribution >= 0.6 is 0 Å². The summed E-state index contributed by atoms with van der Waals surface area (Å²) in [6, 6.07) is 2.23. The van der Waals surface area contributed by atoms with E-state index in [9.17, 15) is 18.0 Å². The summed E-state index contributed by atoms with van der Waals surface area (Å²) in [7, 11) is 0. The predicted octanol–water partition coefficient (Wildman–Crippen LogP) is 2.86. The summed E-state index contributed by atoms with van der Waals surface area (Å²) in [5.74, 6) is -0.275. The number of nitrogens with zero attached hydrogens (tertiary/aromatic N) is 2. The number of nitrogens with two attached hydrogens (primary N) is 1. The van der Waals surface area contributed by atoms with Gasteiger partial charge in [0.1, 0.15) is 24.3 Å². The standard InChI is InChI=1S/C14H16F3N3O3/c1-13(2,3)10(23-12(19)21)7-22-11-8(5-18)4-9(6-20-11)14(15,16)17/h4,6,10H,7H2,1-3H3,(H2,19,21). The number of amides is 1. The van der Waals surface area contributed by atoms with Crippen molar-refractivity contribution in [2.45, 2.75) is 33.1 Å². The van der Waals surface area contributed by atoms with Gasteiger partial charge < -0.3 is 15.2 Å². The van der Waals surface area contributed by atoms with Crippen molar-refractivity contribution in [1.82, 2.24) is 4.98 Å². The highest BCUT2D eigenvalue weighted by atomic mass is 19.4. The molecule has 126 valence electrons. The van der Waals surface area contributed by atoms with E-state index in [2.05, 4.69) is 4.98 Å². The highest BCUT2D eigenvalue weighted by Crippen LogP contribution is 2.31. The van der Waals surface area contributed by atoms with E-state index in [0.29, 0.717) is 12.3 Å². The van der Waals surface area contributed by atoms with Gasteiger partial charge in [-0.15, -0.1) is 0 Å². The Bertz CT molecular complexity index is 618. The van der Waals surface area contributed by atoms with Crippen LogP contribution in [0.5, 0.6) is 5.88 Å². The molecule has 0 radical (unpaired) electrons. The molecule has 1 aromatic heterocycles. The number of carbonyl (C=O) groups excluding carboxylic acids is 1. The number of rotatable bonds is 4. The van der Waals surface area contributed by atoms with E-state index in [-0.39, 0.29) is 18.1 Å². The van der Waals surface area contributed by atoms with Gasteiger partial charge in [0.2, 0.25) is 5.88 Å². The molecular weight excluding hydrogens is 315 g/mol. The van der Waals surface area contributed by atoms with E-state index in [1.165, 1.54) is 0 Å². The molecule has 0 bridgehead atoms. The van der Waals surface area contributed by atoms with Crippen LogP contribution in [0.25, 0.3) is 0 Å². The minimum absolute atomic E-state index is 0.209. The number of hydrogen-bond donors (Lipinski definition) is 1. The molecule has 0 saturated heterocycles. The topological polar surface area (TPSA) is 98.2 Å². The molecular formula is C14H16F3N3O3. The Labute approximate surface area is 131 Å². The van der Waals surface area contributed by atoms with Gasteiger partial charge >= 0.3 is 12.3 Å². The summed E-state index contributed by atoms with van der Waals surface area (Å²) in [6.45, 7) is 5.07. The SMILES string of the molecule is CC(C)(C)C(COc1ncc(C(F)(F)F)cc1C#N)OC(N)=O. The number of hydrogen-bond acceptors (Lipinski definition) is 5. The fourth-order valence-electron chi connectivity index (χ4n) is 1.56. The van der Waals surface area contributed by atoms with E-state index in [1.54, 1.807) is 26.8 Å². The Morgan fingerprint density at radius 2 is 2.04 bits per heavy atom. The second-order valence-corrected chi connectivity index (χ2v) is 5.79.